The predicted molar refractivity (Wildman–Crippen MR) is 243 cm³/mol. The van der Waals surface area contributed by atoms with Crippen LogP contribution in [0.1, 0.15) is 90.4 Å². The van der Waals surface area contributed by atoms with Gasteiger partial charge >= 0.3 is 0 Å². The molecule has 0 saturated heterocycles. The molecule has 17 nitrogen and oxygen atoms in total. The van der Waals surface area contributed by atoms with E-state index < -0.39 is 0 Å². The lowest BCUT2D eigenvalue weighted by atomic mass is 10.2. The molecule has 0 aliphatic heterocycles. The van der Waals surface area contributed by atoms with E-state index in [-0.39, 0.29) is 29.8 Å². The second-order valence-corrected chi connectivity index (χ2v) is 12.3. The molecule has 0 aliphatic carbocycles. The van der Waals surface area contributed by atoms with Crippen LogP contribution >= 0.6 is 0 Å². The molecule has 0 spiro atoms. The number of rotatable bonds is 27. The van der Waals surface area contributed by atoms with Crippen molar-refractivity contribution >= 4 is 28.9 Å². The van der Waals surface area contributed by atoms with Crippen molar-refractivity contribution in [1.29, 1.82) is 0 Å². The Morgan fingerprint density at radius 1 is 0.482 bits per heavy atom. The summed E-state index contributed by atoms with van der Waals surface area (Å²) >= 11 is 0. The molecule has 0 aromatic carbocycles. The van der Waals surface area contributed by atoms with Gasteiger partial charge in [-0.2, -0.15) is 0 Å². The zero-order valence-electron chi connectivity index (χ0n) is 35.6. The molecule has 1 aromatic heterocycles. The SMILES string of the molecule is C=C(CN)NCCNC(=C)CNC(=C)c1nc(N)c(C(=C)NCC(=O)NCCNC(=C)CN)nc1N.CCCCN.CCCCN.CCCCN.CCCCN. The van der Waals surface area contributed by atoms with Gasteiger partial charge in [-0.3, -0.25) is 4.79 Å². The van der Waals surface area contributed by atoms with Crippen LogP contribution in [0.2, 0.25) is 0 Å². The van der Waals surface area contributed by atoms with Crippen molar-refractivity contribution in [3.63, 3.8) is 0 Å². The number of amides is 1. The molecule has 56 heavy (non-hydrogen) atoms. The van der Waals surface area contributed by atoms with Crippen molar-refractivity contribution in [1.82, 2.24) is 41.9 Å². The number of unbranched alkanes of at least 4 members (excludes halogenated alkanes) is 4. The molecule has 1 rings (SSSR count). The molecule has 0 radical (unpaired) electrons. The fourth-order valence-electron chi connectivity index (χ4n) is 3.48. The average molecular weight is 793 g/mol. The maximum absolute atomic E-state index is 12.0. The van der Waals surface area contributed by atoms with Crippen LogP contribution in [0.5, 0.6) is 0 Å². The van der Waals surface area contributed by atoms with E-state index in [0.717, 1.165) is 37.6 Å². The Morgan fingerprint density at radius 2 is 0.786 bits per heavy atom. The number of nitrogens with one attached hydrogen (secondary N) is 6. The van der Waals surface area contributed by atoms with Crippen LogP contribution < -0.4 is 77.8 Å². The Hall–Kier alpha value is -4.39. The van der Waals surface area contributed by atoms with Gasteiger partial charge in [0.1, 0.15) is 11.4 Å². The Bertz CT molecular complexity index is 1070. The fraction of sp³-hybridized carbons (Fsp3) is 0.615. The van der Waals surface area contributed by atoms with Crippen molar-refractivity contribution in [2.24, 2.45) is 34.4 Å². The quantitative estimate of drug-likeness (QED) is 0.0554. The molecule has 0 atom stereocenters. The Morgan fingerprint density at radius 3 is 1.07 bits per heavy atom. The Kier molecular flexibility index (Phi) is 45.1. The van der Waals surface area contributed by atoms with E-state index in [1.807, 2.05) is 0 Å². The molecule has 0 aliphatic rings. The third kappa shape index (κ3) is 37.9. The summed E-state index contributed by atoms with van der Waals surface area (Å²) in [5.41, 5.74) is 47.1. The maximum atomic E-state index is 12.0. The third-order valence-electron chi connectivity index (χ3n) is 6.92. The van der Waals surface area contributed by atoms with Crippen molar-refractivity contribution in [2.45, 2.75) is 79.1 Å². The summed E-state index contributed by atoms with van der Waals surface area (Å²) in [5, 5.41) is 17.9. The van der Waals surface area contributed by atoms with Gasteiger partial charge in [-0.05, 0) is 51.9 Å². The minimum Gasteiger partial charge on any atom is -0.386 e. The number of nitrogens with zero attached hydrogens (tertiary/aromatic N) is 2. The number of carbonyl (C=O) groups is 1. The van der Waals surface area contributed by atoms with E-state index in [1.54, 1.807) is 0 Å². The first-order chi connectivity index (χ1) is 26.7. The van der Waals surface area contributed by atoms with Crippen molar-refractivity contribution < 1.29 is 4.79 Å². The van der Waals surface area contributed by atoms with Crippen LogP contribution in [0.4, 0.5) is 11.6 Å². The third-order valence-corrected chi connectivity index (χ3v) is 6.92. The second kappa shape index (κ2) is 43.3. The first-order valence-corrected chi connectivity index (χ1v) is 19.8. The van der Waals surface area contributed by atoms with Crippen LogP contribution in [-0.4, -0.2) is 94.4 Å². The number of carbonyl (C=O) groups excluding carboxylic acids is 1. The lowest BCUT2D eigenvalue weighted by molar-refractivity contribution is -0.120. The highest BCUT2D eigenvalue weighted by atomic mass is 16.1. The molecule has 17 heteroatoms. The van der Waals surface area contributed by atoms with Gasteiger partial charge in [0.2, 0.25) is 5.91 Å². The van der Waals surface area contributed by atoms with Gasteiger partial charge < -0.3 is 77.8 Å². The number of nitrogen functional groups attached to an aromatic ring is 2. The molecule has 1 amide bonds. The summed E-state index contributed by atoms with van der Waals surface area (Å²) in [5.74, 6) is -0.0370. The molecule has 0 unspecified atom stereocenters. The van der Waals surface area contributed by atoms with E-state index in [2.05, 4.69) is 102 Å². The maximum Gasteiger partial charge on any atom is 0.239 e. The molecule has 22 N–H and O–H groups in total. The molecule has 326 valence electrons. The smallest absolute Gasteiger partial charge is 0.239 e. The predicted octanol–water partition coefficient (Wildman–Crippen LogP) is 1.09. The number of anilines is 2. The largest absolute Gasteiger partial charge is 0.386 e. The summed E-state index contributed by atoms with van der Waals surface area (Å²) < 4.78 is 0. The Labute approximate surface area is 339 Å². The van der Waals surface area contributed by atoms with Gasteiger partial charge in [0.25, 0.3) is 0 Å². The fourth-order valence-corrected chi connectivity index (χ4v) is 3.48. The van der Waals surface area contributed by atoms with Crippen LogP contribution in [0.15, 0.2) is 50.0 Å². The number of hydrogen-bond donors (Lipinski definition) is 14. The Balaban J connectivity index is -0.000000550. The van der Waals surface area contributed by atoms with Crippen molar-refractivity contribution in [3.8, 4) is 0 Å². The van der Waals surface area contributed by atoms with Crippen LogP contribution in [0.3, 0.4) is 0 Å². The highest BCUT2D eigenvalue weighted by molar-refractivity contribution is 5.81. The molecular formula is C39H84N16O. The van der Waals surface area contributed by atoms with Crippen LogP contribution in [-0.2, 0) is 4.79 Å². The van der Waals surface area contributed by atoms with Gasteiger partial charge in [-0.15, -0.1) is 0 Å². The highest BCUT2D eigenvalue weighted by Crippen LogP contribution is 2.21. The normalized spacial score (nSPS) is 9.46. The summed E-state index contributed by atoms with van der Waals surface area (Å²) in [6, 6.07) is 0. The van der Waals surface area contributed by atoms with Crippen LogP contribution in [0, 0.1) is 0 Å². The lowest BCUT2D eigenvalue weighted by Gasteiger charge is -2.16. The molecule has 0 saturated carbocycles. The van der Waals surface area contributed by atoms with E-state index >= 15 is 0 Å². The standard InChI is InChI=1S/C23H40N12O.4C4H11N/c1-14(10-24)28-6-7-30-16(3)12-32-17(4)20-22(26)35-21(23(27)34-20)18(5)33-13-19(36)31-9-8-29-15(2)11-25;4*1-2-3-4-5/h28-30,32-33H,1-13,24-25H2,(H2,26,35)(H2,27,34)(H,31,36);4*2-5H2,1H3. The van der Waals surface area contributed by atoms with Crippen molar-refractivity contribution in [3.05, 3.63) is 61.4 Å². The van der Waals surface area contributed by atoms with Crippen LogP contribution in [0.25, 0.3) is 11.4 Å². The number of nitrogens with two attached hydrogens (primary N) is 8. The molecular weight excluding hydrogens is 709 g/mol. The zero-order valence-corrected chi connectivity index (χ0v) is 35.6. The molecule has 0 bridgehead atoms. The first-order valence-electron chi connectivity index (χ1n) is 19.8. The molecule has 1 aromatic rings. The minimum absolute atomic E-state index is 0.0291. The van der Waals surface area contributed by atoms with E-state index in [1.165, 1.54) is 51.4 Å². The minimum atomic E-state index is -0.237. The van der Waals surface area contributed by atoms with E-state index in [0.29, 0.717) is 68.6 Å². The van der Waals surface area contributed by atoms with Gasteiger partial charge in [-0.1, -0.05) is 86.3 Å². The molecule has 1 heterocycles. The van der Waals surface area contributed by atoms with E-state index in [9.17, 15) is 4.79 Å². The van der Waals surface area contributed by atoms with Gasteiger partial charge in [0, 0.05) is 56.4 Å². The zero-order chi connectivity index (χ0) is 43.6. The topological polar surface area (TPSA) is 323 Å². The van der Waals surface area contributed by atoms with Gasteiger partial charge in [-0.25, -0.2) is 9.97 Å². The number of aromatic nitrogens is 2. The van der Waals surface area contributed by atoms with Gasteiger partial charge in [0.05, 0.1) is 24.5 Å². The van der Waals surface area contributed by atoms with Crippen molar-refractivity contribution in [2.75, 3.05) is 90.0 Å². The highest BCUT2D eigenvalue weighted by Gasteiger charge is 2.15. The summed E-state index contributed by atoms with van der Waals surface area (Å²) in [6.07, 6.45) is 9.54. The monoisotopic (exact) mass is 793 g/mol. The summed E-state index contributed by atoms with van der Waals surface area (Å²) in [4.78, 5) is 20.6. The number of hydrogen-bond acceptors (Lipinski definition) is 16. The second-order valence-electron chi connectivity index (χ2n) is 12.3. The average Bonchev–Trinajstić information content (AvgIpc) is 3.19. The summed E-state index contributed by atoms with van der Waals surface area (Å²) in [6.45, 7) is 34.5. The lowest BCUT2D eigenvalue weighted by Crippen LogP contribution is -2.37. The van der Waals surface area contributed by atoms with E-state index in [4.69, 9.17) is 45.9 Å². The first kappa shape index (κ1) is 58.3. The summed E-state index contributed by atoms with van der Waals surface area (Å²) in [7, 11) is 0. The van der Waals surface area contributed by atoms with Gasteiger partial charge in [0.15, 0.2) is 11.6 Å². The molecule has 0 fully saturated rings.